The highest BCUT2D eigenvalue weighted by molar-refractivity contribution is 6.14. The lowest BCUT2D eigenvalue weighted by molar-refractivity contribution is 1.13. The van der Waals surface area contributed by atoms with Crippen LogP contribution in [0.3, 0.4) is 0 Å². The Bertz CT molecular complexity index is 4120. The van der Waals surface area contributed by atoms with Crippen LogP contribution in [0.4, 0.5) is 0 Å². The Hall–Kier alpha value is -8.98. The third-order valence-electron chi connectivity index (χ3n) is 14.8. The number of rotatable bonds is 8. The van der Waals surface area contributed by atoms with Gasteiger partial charge in [-0.3, -0.25) is 0 Å². The molecule has 13 rings (SSSR count). The van der Waals surface area contributed by atoms with Gasteiger partial charge in [-0.05, 0) is 155 Å². The predicted octanol–water partition coefficient (Wildman–Crippen LogP) is 19.1. The minimum atomic E-state index is 0.811. The monoisotopic (exact) mass is 936 g/mol. The maximum atomic E-state index is 2.48. The van der Waals surface area contributed by atoms with Gasteiger partial charge in [0, 0.05) is 39.3 Å². The number of nitrogens with zero attached hydrogens (tertiary/aromatic N) is 2. The van der Waals surface area contributed by atoms with E-state index in [2.05, 4.69) is 273 Å². The average Bonchev–Trinajstić information content (AvgIpc) is 3.97. The molecule has 2 aromatic heterocycles. The standard InChI is InChI=1S/C64H48N2.C7H8/c1-42-18-13-14-27-52(42)53-33-35-57-59-41-49(32-37-62(59)65(63(57)44(53)3)50-23-9-5-10-24-50)47-22-17-21-46(39-47)48-31-30-43(2)58(40-48)54-34-36-56-55-28-15-16-29-61(55)66(51-25-11-6-12-26-51)64(56)60(54)38-45-19-7-4-8-20-45;1-7-5-3-2-4-6-7/h4-37,39-41H,38H2,1-3H3;2-6H,1H3. The van der Waals surface area contributed by atoms with Crippen molar-refractivity contribution in [2.45, 2.75) is 34.1 Å². The fourth-order valence-corrected chi connectivity index (χ4v) is 11.2. The minimum absolute atomic E-state index is 0.811. The number of fused-ring (bicyclic) bond motifs is 6. The summed E-state index contributed by atoms with van der Waals surface area (Å²) in [5.41, 5.74) is 24.9. The Morgan fingerprint density at radius 2 is 0.822 bits per heavy atom. The van der Waals surface area contributed by atoms with Gasteiger partial charge in [-0.15, -0.1) is 0 Å². The first-order valence-electron chi connectivity index (χ1n) is 25.5. The van der Waals surface area contributed by atoms with Crippen molar-refractivity contribution in [3.8, 4) is 55.9 Å². The Morgan fingerprint density at radius 1 is 0.301 bits per heavy atom. The van der Waals surface area contributed by atoms with E-state index in [1.807, 2.05) is 18.2 Å². The van der Waals surface area contributed by atoms with Crippen LogP contribution >= 0.6 is 0 Å². The van der Waals surface area contributed by atoms with Gasteiger partial charge in [0.2, 0.25) is 0 Å². The zero-order chi connectivity index (χ0) is 49.4. The first-order valence-corrected chi connectivity index (χ1v) is 25.5. The number of hydrogen-bond acceptors (Lipinski definition) is 0. The number of aryl methyl sites for hydroxylation is 4. The predicted molar refractivity (Wildman–Crippen MR) is 312 cm³/mol. The number of hydrogen-bond donors (Lipinski definition) is 0. The van der Waals surface area contributed by atoms with Crippen LogP contribution in [0.25, 0.3) is 99.5 Å². The highest BCUT2D eigenvalue weighted by Crippen LogP contribution is 2.43. The lowest BCUT2D eigenvalue weighted by Gasteiger charge is -2.18. The molecule has 2 nitrogen and oxygen atoms in total. The van der Waals surface area contributed by atoms with Gasteiger partial charge >= 0.3 is 0 Å². The van der Waals surface area contributed by atoms with E-state index in [9.17, 15) is 0 Å². The van der Waals surface area contributed by atoms with E-state index >= 15 is 0 Å². The van der Waals surface area contributed by atoms with Crippen molar-refractivity contribution in [2.24, 2.45) is 0 Å². The molecule has 0 N–H and O–H groups in total. The SMILES string of the molecule is Cc1ccccc1.Cc1ccccc1-c1ccc2c3cc(-c4cccc(-c5ccc(C)c(-c6ccc7c8ccccc8n(-c8ccccc8)c7c6Cc6ccccc6)c5)c4)ccc3n(-c3ccccc3)c2c1C. The van der Waals surface area contributed by atoms with Crippen LogP contribution in [0.15, 0.2) is 255 Å². The molecule has 0 aliphatic heterocycles. The molecule has 0 spiro atoms. The molecule has 0 fully saturated rings. The van der Waals surface area contributed by atoms with Crippen LogP contribution in [0.2, 0.25) is 0 Å². The summed E-state index contributed by atoms with van der Waals surface area (Å²) in [5.74, 6) is 0. The Morgan fingerprint density at radius 3 is 1.49 bits per heavy atom. The third-order valence-corrected chi connectivity index (χ3v) is 14.8. The summed E-state index contributed by atoms with van der Waals surface area (Å²) >= 11 is 0. The fourth-order valence-electron chi connectivity index (χ4n) is 11.2. The van der Waals surface area contributed by atoms with Gasteiger partial charge in [0.25, 0.3) is 0 Å². The number of para-hydroxylation sites is 3. The zero-order valence-corrected chi connectivity index (χ0v) is 41.9. The minimum Gasteiger partial charge on any atom is -0.309 e. The van der Waals surface area contributed by atoms with Crippen molar-refractivity contribution in [1.29, 1.82) is 0 Å². The molecule has 0 atom stereocenters. The first kappa shape index (κ1) is 45.2. The highest BCUT2D eigenvalue weighted by atomic mass is 15.0. The van der Waals surface area contributed by atoms with Crippen molar-refractivity contribution in [3.05, 3.63) is 288 Å². The van der Waals surface area contributed by atoms with Gasteiger partial charge in [0.15, 0.2) is 0 Å². The van der Waals surface area contributed by atoms with E-state index in [4.69, 9.17) is 0 Å². The molecule has 350 valence electrons. The molecule has 11 aromatic carbocycles. The van der Waals surface area contributed by atoms with E-state index in [0.29, 0.717) is 0 Å². The van der Waals surface area contributed by atoms with Gasteiger partial charge < -0.3 is 9.13 Å². The lowest BCUT2D eigenvalue weighted by atomic mass is 9.88. The van der Waals surface area contributed by atoms with Crippen LogP contribution in [0, 0.1) is 27.7 Å². The largest absolute Gasteiger partial charge is 0.309 e. The van der Waals surface area contributed by atoms with E-state index < -0.39 is 0 Å². The Labute approximate surface area is 428 Å². The van der Waals surface area contributed by atoms with Gasteiger partial charge in [0.05, 0.1) is 22.1 Å². The molecule has 0 saturated heterocycles. The van der Waals surface area contributed by atoms with Gasteiger partial charge in [-0.25, -0.2) is 0 Å². The van der Waals surface area contributed by atoms with Crippen LogP contribution in [-0.2, 0) is 6.42 Å². The lowest BCUT2D eigenvalue weighted by Crippen LogP contribution is -2.01. The van der Waals surface area contributed by atoms with Crippen molar-refractivity contribution in [3.63, 3.8) is 0 Å². The summed E-state index contributed by atoms with van der Waals surface area (Å²) in [7, 11) is 0. The first-order chi connectivity index (χ1) is 35.9. The van der Waals surface area contributed by atoms with E-state index in [-0.39, 0.29) is 0 Å². The average molecular weight is 937 g/mol. The Balaban J connectivity index is 0.000000718. The molecule has 2 heterocycles. The third kappa shape index (κ3) is 8.41. The summed E-state index contributed by atoms with van der Waals surface area (Å²) in [4.78, 5) is 0. The van der Waals surface area contributed by atoms with Crippen molar-refractivity contribution < 1.29 is 0 Å². The second kappa shape index (κ2) is 19.3. The van der Waals surface area contributed by atoms with Crippen LogP contribution in [0.5, 0.6) is 0 Å². The van der Waals surface area contributed by atoms with Gasteiger partial charge in [-0.2, -0.15) is 0 Å². The number of benzene rings is 11. The van der Waals surface area contributed by atoms with Crippen LogP contribution < -0.4 is 0 Å². The van der Waals surface area contributed by atoms with Crippen molar-refractivity contribution >= 4 is 43.6 Å². The maximum absolute atomic E-state index is 2.48. The quantitative estimate of drug-likeness (QED) is 0.144. The summed E-state index contributed by atoms with van der Waals surface area (Å²) in [6.07, 6.45) is 0.811. The maximum Gasteiger partial charge on any atom is 0.0582 e. The van der Waals surface area contributed by atoms with Gasteiger partial charge in [0.1, 0.15) is 0 Å². The molecular formula is C71H56N2. The molecular weight excluding hydrogens is 881 g/mol. The molecule has 2 heteroatoms. The van der Waals surface area contributed by atoms with E-state index in [1.54, 1.807) is 0 Å². The molecule has 0 amide bonds. The molecule has 73 heavy (non-hydrogen) atoms. The summed E-state index contributed by atoms with van der Waals surface area (Å²) in [6, 6.07) is 92.9. The highest BCUT2D eigenvalue weighted by Gasteiger charge is 2.22. The molecule has 0 unspecified atom stereocenters. The second-order valence-electron chi connectivity index (χ2n) is 19.5. The molecule has 0 aliphatic carbocycles. The van der Waals surface area contributed by atoms with E-state index in [0.717, 1.165) is 6.42 Å². The second-order valence-corrected chi connectivity index (χ2v) is 19.5. The summed E-state index contributed by atoms with van der Waals surface area (Å²) < 4.78 is 4.94. The van der Waals surface area contributed by atoms with Crippen LogP contribution in [0.1, 0.15) is 33.4 Å². The fraction of sp³-hybridized carbons (Fsp3) is 0.0704. The topological polar surface area (TPSA) is 9.86 Å². The molecule has 13 aromatic rings. The molecule has 0 radical (unpaired) electrons. The summed E-state index contributed by atoms with van der Waals surface area (Å²) in [5, 5.41) is 5.06. The van der Waals surface area contributed by atoms with Gasteiger partial charge in [-0.1, -0.05) is 206 Å². The van der Waals surface area contributed by atoms with Crippen molar-refractivity contribution in [2.75, 3.05) is 0 Å². The normalized spacial score (nSPS) is 11.3. The van der Waals surface area contributed by atoms with Crippen molar-refractivity contribution in [1.82, 2.24) is 9.13 Å². The molecule has 0 bridgehead atoms. The van der Waals surface area contributed by atoms with E-state index in [1.165, 1.54) is 133 Å². The van der Waals surface area contributed by atoms with Crippen LogP contribution in [-0.4, -0.2) is 9.13 Å². The smallest absolute Gasteiger partial charge is 0.0582 e. The molecule has 0 aliphatic rings. The summed E-state index contributed by atoms with van der Waals surface area (Å²) in [6.45, 7) is 8.83. The zero-order valence-electron chi connectivity index (χ0n) is 41.9. The number of aromatic nitrogens is 2. The molecule has 0 saturated carbocycles. The Kier molecular flexibility index (Phi) is 12.0.